The Morgan fingerprint density at radius 2 is 1.84 bits per heavy atom. The fourth-order valence-electron chi connectivity index (χ4n) is 2.49. The minimum atomic E-state index is -1.08. The van der Waals surface area contributed by atoms with Crippen molar-refractivity contribution in [1.29, 1.82) is 0 Å². The lowest BCUT2D eigenvalue weighted by molar-refractivity contribution is -0.121. The second-order valence-corrected chi connectivity index (χ2v) is 7.34. The Morgan fingerprint density at radius 1 is 1.12 bits per heavy atom. The smallest absolute Gasteiger partial charge is 0.336 e. The highest BCUT2D eigenvalue weighted by Crippen LogP contribution is 2.36. The van der Waals surface area contributed by atoms with Crippen LogP contribution in [-0.2, 0) is 9.59 Å². The summed E-state index contributed by atoms with van der Waals surface area (Å²) in [7, 11) is 0. The van der Waals surface area contributed by atoms with E-state index in [0.29, 0.717) is 15.6 Å². The lowest BCUT2D eigenvalue weighted by atomic mass is 10.2. The van der Waals surface area contributed by atoms with Gasteiger partial charge in [0, 0.05) is 11.3 Å². The number of aromatic carboxylic acids is 1. The van der Waals surface area contributed by atoms with Crippen molar-refractivity contribution in [1.82, 2.24) is 0 Å². The number of halogens is 2. The molecule has 1 unspecified atom stereocenters. The maximum absolute atomic E-state index is 12.7. The predicted molar refractivity (Wildman–Crippen MR) is 96.6 cm³/mol. The molecule has 0 spiro atoms. The minimum Gasteiger partial charge on any atom is -0.478 e. The average molecular weight is 396 g/mol. The van der Waals surface area contributed by atoms with Gasteiger partial charge in [-0.3, -0.25) is 9.59 Å². The van der Waals surface area contributed by atoms with Gasteiger partial charge in [0.1, 0.15) is 0 Å². The first-order chi connectivity index (χ1) is 11.9. The van der Waals surface area contributed by atoms with Crippen molar-refractivity contribution in [3.63, 3.8) is 0 Å². The van der Waals surface area contributed by atoms with Crippen molar-refractivity contribution >= 4 is 58.4 Å². The zero-order valence-corrected chi connectivity index (χ0v) is 14.9. The Hall–Kier alpha value is -2.02. The molecule has 2 aromatic carbocycles. The number of carboxylic acids is 1. The Balaban J connectivity index is 1.87. The molecule has 0 aromatic heterocycles. The molecule has 0 aliphatic carbocycles. The summed E-state index contributed by atoms with van der Waals surface area (Å²) in [4.78, 5) is 37.8. The monoisotopic (exact) mass is 395 g/mol. The molecule has 1 fully saturated rings. The first-order valence-electron chi connectivity index (χ1n) is 7.19. The summed E-state index contributed by atoms with van der Waals surface area (Å²) >= 11 is 12.9. The van der Waals surface area contributed by atoms with Gasteiger partial charge in [0.15, 0.2) is 0 Å². The number of carbonyl (C=O) groups is 3. The standard InChI is InChI=1S/C17H11Cl2NO4S/c18-11-6-5-9(7-12(11)19)20-15(21)8-14(16(20)22)25-13-4-2-1-3-10(13)17(23)24/h1-7,14H,8H2,(H,23,24). The number of carbonyl (C=O) groups excluding carboxylic acids is 2. The van der Waals surface area contributed by atoms with Gasteiger partial charge < -0.3 is 5.11 Å². The van der Waals surface area contributed by atoms with Gasteiger partial charge >= 0.3 is 5.97 Å². The second-order valence-electron chi connectivity index (χ2n) is 5.28. The Labute approximate surface area is 157 Å². The molecule has 1 saturated heterocycles. The van der Waals surface area contributed by atoms with Crippen LogP contribution < -0.4 is 4.90 Å². The highest BCUT2D eigenvalue weighted by Gasteiger charge is 2.40. The van der Waals surface area contributed by atoms with Gasteiger partial charge in [-0.05, 0) is 30.3 Å². The molecule has 1 N–H and O–H groups in total. The molecule has 1 heterocycles. The van der Waals surface area contributed by atoms with Crippen LogP contribution in [0.5, 0.6) is 0 Å². The van der Waals surface area contributed by atoms with Crippen molar-refractivity contribution in [2.75, 3.05) is 4.90 Å². The summed E-state index contributed by atoms with van der Waals surface area (Å²) in [5.74, 6) is -1.86. The number of benzene rings is 2. The van der Waals surface area contributed by atoms with E-state index in [9.17, 15) is 19.5 Å². The number of thioether (sulfide) groups is 1. The molecule has 0 bridgehead atoms. The number of hydrogen-bond donors (Lipinski definition) is 1. The summed E-state index contributed by atoms with van der Waals surface area (Å²) in [6.45, 7) is 0. The molecular formula is C17H11Cl2NO4S. The minimum absolute atomic E-state index is 0.0162. The normalized spacial score (nSPS) is 17.2. The van der Waals surface area contributed by atoms with Gasteiger partial charge in [-0.1, -0.05) is 35.3 Å². The molecule has 1 aliphatic rings. The molecule has 5 nitrogen and oxygen atoms in total. The number of nitrogens with zero attached hydrogens (tertiary/aromatic N) is 1. The van der Waals surface area contributed by atoms with Crippen LogP contribution in [0.25, 0.3) is 0 Å². The molecule has 0 radical (unpaired) electrons. The maximum atomic E-state index is 12.7. The first kappa shape index (κ1) is 17.8. The SMILES string of the molecule is O=C(O)c1ccccc1SC1CC(=O)N(c2ccc(Cl)c(Cl)c2)C1=O. The van der Waals surface area contributed by atoms with E-state index in [-0.39, 0.29) is 22.9 Å². The fourth-order valence-corrected chi connectivity index (χ4v) is 3.96. The number of anilines is 1. The number of hydrogen-bond acceptors (Lipinski definition) is 4. The van der Waals surface area contributed by atoms with Crippen molar-refractivity contribution in [3.05, 3.63) is 58.1 Å². The molecule has 128 valence electrons. The Bertz CT molecular complexity index is 887. The Morgan fingerprint density at radius 3 is 2.52 bits per heavy atom. The van der Waals surface area contributed by atoms with E-state index < -0.39 is 17.1 Å². The van der Waals surface area contributed by atoms with Crippen LogP contribution in [0.2, 0.25) is 10.0 Å². The molecule has 0 saturated carbocycles. The summed E-state index contributed by atoms with van der Waals surface area (Å²) in [6.07, 6.45) is -0.0162. The zero-order valence-electron chi connectivity index (χ0n) is 12.6. The van der Waals surface area contributed by atoms with E-state index in [0.717, 1.165) is 16.7 Å². The number of carboxylic acid groups (broad SMARTS) is 1. The van der Waals surface area contributed by atoms with Crippen LogP contribution in [0.3, 0.4) is 0 Å². The maximum Gasteiger partial charge on any atom is 0.336 e. The summed E-state index contributed by atoms with van der Waals surface area (Å²) in [5, 5.41) is 9.12. The lowest BCUT2D eigenvalue weighted by Crippen LogP contribution is -2.31. The first-order valence-corrected chi connectivity index (χ1v) is 8.83. The van der Waals surface area contributed by atoms with E-state index in [4.69, 9.17) is 23.2 Å². The third kappa shape index (κ3) is 3.51. The lowest BCUT2D eigenvalue weighted by Gasteiger charge is -2.16. The highest BCUT2D eigenvalue weighted by molar-refractivity contribution is 8.00. The molecule has 3 rings (SSSR count). The van der Waals surface area contributed by atoms with Crippen molar-refractivity contribution in [3.8, 4) is 0 Å². The van der Waals surface area contributed by atoms with Crippen molar-refractivity contribution in [2.24, 2.45) is 0 Å². The van der Waals surface area contributed by atoms with Crippen LogP contribution in [0.4, 0.5) is 5.69 Å². The van der Waals surface area contributed by atoms with Gasteiger partial charge in [0.05, 0.1) is 26.5 Å². The Kier molecular flexibility index (Phi) is 5.03. The molecule has 2 aromatic rings. The van der Waals surface area contributed by atoms with Crippen molar-refractivity contribution < 1.29 is 19.5 Å². The topological polar surface area (TPSA) is 74.7 Å². The molecule has 2 amide bonds. The molecular weight excluding hydrogens is 385 g/mol. The highest BCUT2D eigenvalue weighted by atomic mass is 35.5. The zero-order chi connectivity index (χ0) is 18.1. The van der Waals surface area contributed by atoms with Crippen LogP contribution in [0, 0.1) is 0 Å². The van der Waals surface area contributed by atoms with Gasteiger partial charge in [-0.15, -0.1) is 11.8 Å². The number of rotatable bonds is 4. The van der Waals surface area contributed by atoms with Crippen LogP contribution in [-0.4, -0.2) is 28.1 Å². The molecule has 25 heavy (non-hydrogen) atoms. The van der Waals surface area contributed by atoms with Gasteiger partial charge in [0.25, 0.3) is 0 Å². The van der Waals surface area contributed by atoms with E-state index in [1.807, 2.05) is 0 Å². The third-order valence-electron chi connectivity index (χ3n) is 3.65. The molecule has 1 atom stereocenters. The second kappa shape index (κ2) is 7.07. The quantitative estimate of drug-likeness (QED) is 0.788. The number of imide groups is 1. The fraction of sp³-hybridized carbons (Fsp3) is 0.118. The van der Waals surface area contributed by atoms with Crippen LogP contribution in [0.1, 0.15) is 16.8 Å². The van der Waals surface area contributed by atoms with Gasteiger partial charge in [-0.2, -0.15) is 0 Å². The van der Waals surface area contributed by atoms with E-state index in [1.54, 1.807) is 24.3 Å². The average Bonchev–Trinajstić information content (AvgIpc) is 2.84. The van der Waals surface area contributed by atoms with Gasteiger partial charge in [-0.25, -0.2) is 9.69 Å². The molecule has 8 heteroatoms. The van der Waals surface area contributed by atoms with Crippen LogP contribution >= 0.6 is 35.0 Å². The molecule has 1 aliphatic heterocycles. The predicted octanol–water partition coefficient (Wildman–Crippen LogP) is 4.12. The van der Waals surface area contributed by atoms with Gasteiger partial charge in [0.2, 0.25) is 11.8 Å². The van der Waals surface area contributed by atoms with E-state index >= 15 is 0 Å². The van der Waals surface area contributed by atoms with E-state index in [2.05, 4.69) is 0 Å². The summed E-state index contributed by atoms with van der Waals surface area (Å²) < 4.78 is 0. The third-order valence-corrected chi connectivity index (χ3v) is 5.66. The summed E-state index contributed by atoms with van der Waals surface area (Å²) in [6, 6.07) is 10.9. The van der Waals surface area contributed by atoms with E-state index in [1.165, 1.54) is 18.2 Å². The van der Waals surface area contributed by atoms with Crippen molar-refractivity contribution in [2.45, 2.75) is 16.6 Å². The number of amides is 2. The summed E-state index contributed by atoms with van der Waals surface area (Å²) in [5.41, 5.74) is 0.444. The largest absolute Gasteiger partial charge is 0.478 e. The van der Waals surface area contributed by atoms with Crippen LogP contribution in [0.15, 0.2) is 47.4 Å².